The van der Waals surface area contributed by atoms with E-state index in [1.165, 1.54) is 45.2 Å². The molecule has 0 aromatic heterocycles. The van der Waals surface area contributed by atoms with Crippen molar-refractivity contribution in [2.75, 3.05) is 46.4 Å². The largest absolute Gasteiger partial charge is 0.381 e. The molecule has 1 N–H and O–H groups in total. The van der Waals surface area contributed by atoms with Crippen LogP contribution in [0.4, 0.5) is 0 Å². The van der Waals surface area contributed by atoms with Crippen LogP contribution in [0.15, 0.2) is 0 Å². The van der Waals surface area contributed by atoms with Gasteiger partial charge in [0, 0.05) is 25.1 Å². The highest BCUT2D eigenvalue weighted by atomic mass is 16.5. The molecule has 1 fully saturated rings. The van der Waals surface area contributed by atoms with Crippen molar-refractivity contribution < 1.29 is 4.74 Å². The molecule has 3 nitrogen and oxygen atoms in total. The van der Waals surface area contributed by atoms with E-state index in [4.69, 9.17) is 4.74 Å². The van der Waals surface area contributed by atoms with Gasteiger partial charge in [-0.1, -0.05) is 33.6 Å². The van der Waals surface area contributed by atoms with Crippen molar-refractivity contribution in [2.24, 2.45) is 11.3 Å². The monoisotopic (exact) mass is 284 g/mol. The quantitative estimate of drug-likeness (QED) is 0.624. The zero-order chi connectivity index (χ0) is 14.8. The van der Waals surface area contributed by atoms with E-state index in [1.807, 2.05) is 0 Å². The van der Waals surface area contributed by atoms with Crippen LogP contribution in [0, 0.1) is 11.3 Å². The third-order valence-electron chi connectivity index (χ3n) is 4.21. The Balaban J connectivity index is 2.41. The standard InChI is InChI=1S/C17H36N2O/c1-5-6-7-10-19(4)14-17(9-8-11-20-15-17)13-18-12-16(2)3/h16,18H,5-15H2,1-4H3. The Morgan fingerprint density at radius 1 is 1.30 bits per heavy atom. The molecule has 1 saturated heterocycles. The topological polar surface area (TPSA) is 24.5 Å². The Bertz CT molecular complexity index is 237. The van der Waals surface area contributed by atoms with E-state index in [0.29, 0.717) is 5.41 Å². The smallest absolute Gasteiger partial charge is 0.0546 e. The first kappa shape index (κ1) is 17.9. The minimum Gasteiger partial charge on any atom is -0.381 e. The van der Waals surface area contributed by atoms with E-state index >= 15 is 0 Å². The van der Waals surface area contributed by atoms with Gasteiger partial charge >= 0.3 is 0 Å². The predicted molar refractivity (Wildman–Crippen MR) is 87.2 cm³/mol. The molecule has 1 heterocycles. The Hall–Kier alpha value is -0.120. The molecule has 1 atom stereocenters. The molecule has 0 spiro atoms. The molecule has 0 amide bonds. The van der Waals surface area contributed by atoms with E-state index in [-0.39, 0.29) is 0 Å². The number of ether oxygens (including phenoxy) is 1. The molecule has 1 aliphatic heterocycles. The first-order chi connectivity index (χ1) is 9.58. The maximum atomic E-state index is 5.80. The van der Waals surface area contributed by atoms with Gasteiger partial charge < -0.3 is 15.0 Å². The normalized spacial score (nSPS) is 23.7. The van der Waals surface area contributed by atoms with Crippen molar-refractivity contribution in [3.8, 4) is 0 Å². The van der Waals surface area contributed by atoms with Gasteiger partial charge in [0.15, 0.2) is 0 Å². The molecule has 0 bridgehead atoms. The first-order valence-electron chi connectivity index (χ1n) is 8.55. The van der Waals surface area contributed by atoms with E-state index in [9.17, 15) is 0 Å². The lowest BCUT2D eigenvalue weighted by Gasteiger charge is -2.40. The summed E-state index contributed by atoms with van der Waals surface area (Å²) in [6, 6.07) is 0. The van der Waals surface area contributed by atoms with E-state index in [1.54, 1.807) is 0 Å². The second kappa shape index (κ2) is 9.75. The number of nitrogens with zero attached hydrogens (tertiary/aromatic N) is 1. The third kappa shape index (κ3) is 7.05. The van der Waals surface area contributed by atoms with Crippen molar-refractivity contribution in [1.82, 2.24) is 10.2 Å². The summed E-state index contributed by atoms with van der Waals surface area (Å²) < 4.78 is 5.80. The average Bonchev–Trinajstić information content (AvgIpc) is 2.39. The van der Waals surface area contributed by atoms with Crippen molar-refractivity contribution in [3.05, 3.63) is 0 Å². The van der Waals surface area contributed by atoms with Crippen LogP contribution in [0.1, 0.15) is 52.9 Å². The molecule has 0 aromatic rings. The van der Waals surface area contributed by atoms with Gasteiger partial charge in [-0.3, -0.25) is 0 Å². The minimum atomic E-state index is 0.327. The van der Waals surface area contributed by atoms with Gasteiger partial charge in [-0.15, -0.1) is 0 Å². The molecule has 0 saturated carbocycles. The third-order valence-corrected chi connectivity index (χ3v) is 4.21. The fourth-order valence-electron chi connectivity index (χ4n) is 3.14. The summed E-state index contributed by atoms with van der Waals surface area (Å²) in [5.74, 6) is 0.721. The van der Waals surface area contributed by atoms with Crippen LogP contribution in [0.5, 0.6) is 0 Å². The first-order valence-corrected chi connectivity index (χ1v) is 8.55. The van der Waals surface area contributed by atoms with E-state index in [0.717, 1.165) is 32.2 Å². The van der Waals surface area contributed by atoms with E-state index in [2.05, 4.69) is 38.0 Å². The zero-order valence-corrected chi connectivity index (χ0v) is 14.2. The highest BCUT2D eigenvalue weighted by molar-refractivity contribution is 4.87. The number of rotatable bonds is 10. The molecular weight excluding hydrogens is 248 g/mol. The van der Waals surface area contributed by atoms with Crippen LogP contribution in [0.3, 0.4) is 0 Å². The molecule has 0 aliphatic carbocycles. The second-order valence-electron chi connectivity index (χ2n) is 7.13. The van der Waals surface area contributed by atoms with E-state index < -0.39 is 0 Å². The molecule has 0 radical (unpaired) electrons. The summed E-state index contributed by atoms with van der Waals surface area (Å²) in [6.45, 7) is 13.3. The minimum absolute atomic E-state index is 0.327. The molecule has 120 valence electrons. The molecule has 1 unspecified atom stereocenters. The summed E-state index contributed by atoms with van der Waals surface area (Å²) in [7, 11) is 2.27. The highest BCUT2D eigenvalue weighted by Gasteiger charge is 2.33. The zero-order valence-electron chi connectivity index (χ0n) is 14.2. The summed E-state index contributed by atoms with van der Waals surface area (Å²) in [5.41, 5.74) is 0.327. The summed E-state index contributed by atoms with van der Waals surface area (Å²) in [4.78, 5) is 2.52. The second-order valence-corrected chi connectivity index (χ2v) is 7.13. The van der Waals surface area contributed by atoms with Crippen LogP contribution in [0.2, 0.25) is 0 Å². The fourth-order valence-corrected chi connectivity index (χ4v) is 3.14. The number of unbranched alkanes of at least 4 members (excludes halogenated alkanes) is 2. The van der Waals surface area contributed by atoms with Crippen molar-refractivity contribution in [3.63, 3.8) is 0 Å². The molecule has 0 aromatic carbocycles. The summed E-state index contributed by atoms with van der Waals surface area (Å²) in [6.07, 6.45) is 6.49. The van der Waals surface area contributed by atoms with Gasteiger partial charge in [0.1, 0.15) is 0 Å². The van der Waals surface area contributed by atoms with Gasteiger partial charge in [-0.2, -0.15) is 0 Å². The van der Waals surface area contributed by atoms with Crippen LogP contribution in [0.25, 0.3) is 0 Å². The average molecular weight is 284 g/mol. The predicted octanol–water partition coefficient (Wildman–Crippen LogP) is 3.15. The van der Waals surface area contributed by atoms with Crippen molar-refractivity contribution >= 4 is 0 Å². The van der Waals surface area contributed by atoms with Gasteiger partial charge in [0.2, 0.25) is 0 Å². The Morgan fingerprint density at radius 2 is 2.10 bits per heavy atom. The SMILES string of the molecule is CCCCCN(C)CC1(CNCC(C)C)CCCOC1. The molecule has 3 heteroatoms. The summed E-state index contributed by atoms with van der Waals surface area (Å²) in [5, 5.41) is 3.66. The molecular formula is C17H36N2O. The van der Waals surface area contributed by atoms with Gasteiger partial charge in [0.25, 0.3) is 0 Å². The van der Waals surface area contributed by atoms with Crippen LogP contribution >= 0.6 is 0 Å². The number of hydrogen-bond donors (Lipinski definition) is 1. The maximum absolute atomic E-state index is 5.80. The number of nitrogens with one attached hydrogen (secondary N) is 1. The molecule has 1 aliphatic rings. The van der Waals surface area contributed by atoms with Crippen molar-refractivity contribution in [1.29, 1.82) is 0 Å². The Kier molecular flexibility index (Phi) is 8.74. The lowest BCUT2D eigenvalue weighted by atomic mass is 9.81. The van der Waals surface area contributed by atoms with Gasteiger partial charge in [-0.25, -0.2) is 0 Å². The maximum Gasteiger partial charge on any atom is 0.0546 e. The van der Waals surface area contributed by atoms with Crippen LogP contribution < -0.4 is 5.32 Å². The number of hydrogen-bond acceptors (Lipinski definition) is 3. The van der Waals surface area contributed by atoms with Gasteiger partial charge in [-0.05, 0) is 45.3 Å². The lowest BCUT2D eigenvalue weighted by Crippen LogP contribution is -2.48. The molecule has 1 rings (SSSR count). The van der Waals surface area contributed by atoms with Crippen LogP contribution in [-0.4, -0.2) is 51.3 Å². The van der Waals surface area contributed by atoms with Gasteiger partial charge in [0.05, 0.1) is 6.61 Å². The molecule has 20 heavy (non-hydrogen) atoms. The fraction of sp³-hybridized carbons (Fsp3) is 1.00. The summed E-state index contributed by atoms with van der Waals surface area (Å²) >= 11 is 0. The Morgan fingerprint density at radius 3 is 2.70 bits per heavy atom. The van der Waals surface area contributed by atoms with Crippen LogP contribution in [-0.2, 0) is 4.74 Å². The Labute approximate surface area is 126 Å². The highest BCUT2D eigenvalue weighted by Crippen LogP contribution is 2.29. The lowest BCUT2D eigenvalue weighted by molar-refractivity contribution is -0.0230. The van der Waals surface area contributed by atoms with Crippen molar-refractivity contribution in [2.45, 2.75) is 52.9 Å².